The van der Waals surface area contributed by atoms with E-state index in [0.717, 1.165) is 16.8 Å². The quantitative estimate of drug-likeness (QED) is 0.735. The average molecular weight is 286 g/mol. The smallest absolute Gasteiger partial charge is 0.187 e. The third-order valence-corrected chi connectivity index (χ3v) is 3.24. The van der Waals surface area contributed by atoms with Crippen LogP contribution >= 0.6 is 11.6 Å². The predicted molar refractivity (Wildman–Crippen MR) is 78.7 cm³/mol. The Labute approximate surface area is 121 Å². The molecule has 0 aliphatic rings. The molecule has 0 saturated carbocycles. The Balaban J connectivity index is 2.15. The van der Waals surface area contributed by atoms with Crippen LogP contribution in [-0.2, 0) is 0 Å². The maximum atomic E-state index is 5.98. The number of tetrazole rings is 1. The van der Waals surface area contributed by atoms with Gasteiger partial charge in [0.05, 0.1) is 5.69 Å². The monoisotopic (exact) mass is 285 g/mol. The first-order chi connectivity index (χ1) is 9.65. The molecule has 0 aliphatic heterocycles. The number of hydrogen-bond donors (Lipinski definition) is 1. The molecule has 0 fully saturated rings. The largest absolute Gasteiger partial charge is 0.399 e. The predicted octanol–water partition coefficient (Wildman–Crippen LogP) is 2.87. The van der Waals surface area contributed by atoms with Gasteiger partial charge in [0.2, 0.25) is 0 Å². The Morgan fingerprint density at radius 2 is 2.00 bits per heavy atom. The summed E-state index contributed by atoms with van der Waals surface area (Å²) in [5.41, 5.74) is 9.23. The van der Waals surface area contributed by atoms with Gasteiger partial charge in [-0.2, -0.15) is 4.68 Å². The first-order valence-electron chi connectivity index (χ1n) is 6.06. The highest BCUT2D eigenvalue weighted by Gasteiger charge is 2.12. The Morgan fingerprint density at radius 3 is 2.75 bits per heavy atom. The molecule has 100 valence electrons. The Bertz CT molecular complexity index is 766. The number of benzene rings is 2. The van der Waals surface area contributed by atoms with Gasteiger partial charge in [0.1, 0.15) is 0 Å². The molecule has 2 aromatic carbocycles. The van der Waals surface area contributed by atoms with Crippen LogP contribution < -0.4 is 5.73 Å². The van der Waals surface area contributed by atoms with Crippen molar-refractivity contribution in [3.8, 4) is 17.1 Å². The molecule has 3 aromatic rings. The normalized spacial score (nSPS) is 10.7. The van der Waals surface area contributed by atoms with Gasteiger partial charge < -0.3 is 5.73 Å². The average Bonchev–Trinajstić information content (AvgIpc) is 2.87. The van der Waals surface area contributed by atoms with Gasteiger partial charge in [0.15, 0.2) is 5.82 Å². The van der Waals surface area contributed by atoms with Crippen molar-refractivity contribution < 1.29 is 0 Å². The minimum Gasteiger partial charge on any atom is -0.399 e. The zero-order chi connectivity index (χ0) is 14.1. The molecule has 1 aromatic heterocycles. The molecule has 1 heterocycles. The number of aromatic nitrogens is 4. The van der Waals surface area contributed by atoms with E-state index >= 15 is 0 Å². The SMILES string of the molecule is Cc1cc(Cl)ccc1-n1nnnc1-c1cccc(N)c1. The number of nitrogens with two attached hydrogens (primary N) is 1. The van der Waals surface area contributed by atoms with Crippen LogP contribution in [0.1, 0.15) is 5.56 Å². The Hall–Kier alpha value is -2.40. The number of nitrogen functional groups attached to an aromatic ring is 1. The van der Waals surface area contributed by atoms with E-state index in [-0.39, 0.29) is 0 Å². The fraction of sp³-hybridized carbons (Fsp3) is 0.0714. The molecule has 0 saturated heterocycles. The van der Waals surface area contributed by atoms with Gasteiger partial charge in [-0.15, -0.1) is 5.10 Å². The Kier molecular flexibility index (Phi) is 3.12. The summed E-state index contributed by atoms with van der Waals surface area (Å²) in [4.78, 5) is 0. The first kappa shape index (κ1) is 12.6. The zero-order valence-electron chi connectivity index (χ0n) is 10.8. The van der Waals surface area contributed by atoms with Crippen LogP contribution in [0.2, 0.25) is 5.02 Å². The molecule has 0 spiro atoms. The van der Waals surface area contributed by atoms with E-state index in [9.17, 15) is 0 Å². The van der Waals surface area contributed by atoms with Gasteiger partial charge in [-0.25, -0.2) is 0 Å². The fourth-order valence-corrected chi connectivity index (χ4v) is 2.29. The lowest BCUT2D eigenvalue weighted by molar-refractivity contribution is 0.787. The number of rotatable bonds is 2. The van der Waals surface area contributed by atoms with E-state index in [1.54, 1.807) is 4.68 Å². The van der Waals surface area contributed by atoms with Crippen molar-refractivity contribution in [3.05, 3.63) is 53.1 Å². The molecule has 0 radical (unpaired) electrons. The molecular weight excluding hydrogens is 274 g/mol. The molecule has 0 unspecified atom stereocenters. The van der Waals surface area contributed by atoms with Crippen molar-refractivity contribution in [3.63, 3.8) is 0 Å². The molecule has 0 bridgehead atoms. The van der Waals surface area contributed by atoms with Crippen LogP contribution in [0.15, 0.2) is 42.5 Å². The van der Waals surface area contributed by atoms with Crippen LogP contribution in [0, 0.1) is 6.92 Å². The van der Waals surface area contributed by atoms with Crippen molar-refractivity contribution in [1.82, 2.24) is 20.2 Å². The van der Waals surface area contributed by atoms with Crippen molar-refractivity contribution in [2.24, 2.45) is 0 Å². The summed E-state index contributed by atoms with van der Waals surface area (Å²) in [5.74, 6) is 0.641. The number of hydrogen-bond acceptors (Lipinski definition) is 4. The number of anilines is 1. The molecule has 3 rings (SSSR count). The minimum atomic E-state index is 0.641. The highest BCUT2D eigenvalue weighted by molar-refractivity contribution is 6.30. The van der Waals surface area contributed by atoms with Crippen molar-refractivity contribution in [2.45, 2.75) is 6.92 Å². The summed E-state index contributed by atoms with van der Waals surface area (Å²) in [6.45, 7) is 1.96. The van der Waals surface area contributed by atoms with Gasteiger partial charge in [-0.1, -0.05) is 23.7 Å². The summed E-state index contributed by atoms with van der Waals surface area (Å²) in [7, 11) is 0. The van der Waals surface area contributed by atoms with Crippen molar-refractivity contribution in [2.75, 3.05) is 5.73 Å². The zero-order valence-corrected chi connectivity index (χ0v) is 11.5. The molecule has 20 heavy (non-hydrogen) atoms. The summed E-state index contributed by atoms with van der Waals surface area (Å²) < 4.78 is 1.68. The van der Waals surface area contributed by atoms with E-state index < -0.39 is 0 Å². The fourth-order valence-electron chi connectivity index (χ4n) is 2.06. The maximum absolute atomic E-state index is 5.98. The van der Waals surface area contributed by atoms with Gasteiger partial charge in [0.25, 0.3) is 0 Å². The van der Waals surface area contributed by atoms with Crippen LogP contribution in [0.3, 0.4) is 0 Å². The third-order valence-electron chi connectivity index (χ3n) is 3.00. The van der Waals surface area contributed by atoms with Crippen LogP contribution in [0.25, 0.3) is 17.1 Å². The summed E-state index contributed by atoms with van der Waals surface area (Å²) >= 11 is 5.98. The molecule has 2 N–H and O–H groups in total. The first-order valence-corrected chi connectivity index (χ1v) is 6.44. The summed E-state index contributed by atoms with van der Waals surface area (Å²) in [6, 6.07) is 13.0. The molecule has 6 heteroatoms. The van der Waals surface area contributed by atoms with Crippen molar-refractivity contribution >= 4 is 17.3 Å². The lowest BCUT2D eigenvalue weighted by atomic mass is 10.1. The molecule has 5 nitrogen and oxygen atoms in total. The van der Waals surface area contributed by atoms with Crippen molar-refractivity contribution in [1.29, 1.82) is 0 Å². The second-order valence-corrected chi connectivity index (χ2v) is 4.91. The van der Waals surface area contributed by atoms with E-state index in [1.807, 2.05) is 49.4 Å². The van der Waals surface area contributed by atoms with Gasteiger partial charge in [-0.3, -0.25) is 0 Å². The van der Waals surface area contributed by atoms with Crippen LogP contribution in [-0.4, -0.2) is 20.2 Å². The van der Waals surface area contributed by atoms with E-state index in [4.69, 9.17) is 17.3 Å². The Morgan fingerprint density at radius 1 is 1.15 bits per heavy atom. The molecule has 0 amide bonds. The maximum Gasteiger partial charge on any atom is 0.187 e. The highest BCUT2D eigenvalue weighted by Crippen LogP contribution is 2.24. The number of aryl methyl sites for hydroxylation is 1. The second kappa shape index (κ2) is 4.94. The highest BCUT2D eigenvalue weighted by atomic mass is 35.5. The summed E-state index contributed by atoms with van der Waals surface area (Å²) in [6.07, 6.45) is 0. The lowest BCUT2D eigenvalue weighted by Crippen LogP contribution is -2.02. The molecule has 0 atom stereocenters. The molecular formula is C14H12ClN5. The van der Waals surface area contributed by atoms with Crippen LogP contribution in [0.4, 0.5) is 5.69 Å². The van der Waals surface area contributed by atoms with Gasteiger partial charge in [-0.05, 0) is 53.2 Å². The third kappa shape index (κ3) is 2.23. The molecule has 0 aliphatic carbocycles. The lowest BCUT2D eigenvalue weighted by Gasteiger charge is -2.08. The van der Waals surface area contributed by atoms with E-state index in [2.05, 4.69) is 15.5 Å². The van der Waals surface area contributed by atoms with Crippen LogP contribution in [0.5, 0.6) is 0 Å². The van der Waals surface area contributed by atoms with Gasteiger partial charge >= 0.3 is 0 Å². The van der Waals surface area contributed by atoms with E-state index in [0.29, 0.717) is 16.5 Å². The standard InChI is InChI=1S/C14H12ClN5/c1-9-7-11(15)5-6-13(9)20-14(17-18-19-20)10-3-2-4-12(16)8-10/h2-8H,16H2,1H3. The number of halogens is 1. The second-order valence-electron chi connectivity index (χ2n) is 4.47. The minimum absolute atomic E-state index is 0.641. The topological polar surface area (TPSA) is 69.6 Å². The van der Waals surface area contributed by atoms with E-state index in [1.165, 1.54) is 0 Å². The summed E-state index contributed by atoms with van der Waals surface area (Å²) in [5, 5.41) is 12.6. The number of nitrogens with zero attached hydrogens (tertiary/aromatic N) is 4. The van der Waals surface area contributed by atoms with Gasteiger partial charge in [0, 0.05) is 16.3 Å².